The van der Waals surface area contributed by atoms with E-state index in [2.05, 4.69) is 26.8 Å². The molecular weight excluding hydrogens is 178 g/mol. The van der Waals surface area contributed by atoms with E-state index >= 15 is 0 Å². The predicted molar refractivity (Wildman–Crippen MR) is 60.2 cm³/mol. The topological polar surface area (TPSA) is 26.0 Å². The van der Waals surface area contributed by atoms with Crippen molar-refractivity contribution in [3.63, 3.8) is 0 Å². The molecule has 0 radical (unpaired) electrons. The van der Waals surface area contributed by atoms with Gasteiger partial charge in [-0.25, -0.2) is 0 Å². The van der Waals surface area contributed by atoms with E-state index in [1.54, 1.807) is 0 Å². The van der Waals surface area contributed by atoms with Crippen molar-refractivity contribution in [3.05, 3.63) is 21.4 Å². The first-order valence-electron chi connectivity index (χ1n) is 4.97. The molecule has 0 aromatic carbocycles. The van der Waals surface area contributed by atoms with Crippen LogP contribution in [-0.2, 0) is 0 Å². The lowest BCUT2D eigenvalue weighted by Gasteiger charge is -2.10. The fourth-order valence-electron chi connectivity index (χ4n) is 1.60. The molecule has 0 aliphatic rings. The maximum Gasteiger partial charge on any atom is 0.0305 e. The zero-order valence-corrected chi connectivity index (χ0v) is 9.58. The highest BCUT2D eigenvalue weighted by Crippen LogP contribution is 2.27. The monoisotopic (exact) mass is 197 g/mol. The molecule has 1 rings (SSSR count). The highest BCUT2D eigenvalue weighted by atomic mass is 32.1. The normalized spacial score (nSPS) is 13.2. The van der Waals surface area contributed by atoms with Crippen LogP contribution in [0.4, 0.5) is 0 Å². The van der Waals surface area contributed by atoms with Crippen molar-refractivity contribution >= 4 is 11.3 Å². The predicted octanol–water partition coefficient (Wildman–Crippen LogP) is 3.55. The Labute approximate surface area is 85.0 Å². The fraction of sp³-hybridized carbons (Fsp3) is 0.636. The quantitative estimate of drug-likeness (QED) is 0.784. The van der Waals surface area contributed by atoms with Gasteiger partial charge in [0.25, 0.3) is 0 Å². The van der Waals surface area contributed by atoms with Crippen molar-refractivity contribution in [2.24, 2.45) is 5.73 Å². The van der Waals surface area contributed by atoms with Gasteiger partial charge < -0.3 is 5.73 Å². The molecule has 1 aromatic heterocycles. The second-order valence-corrected chi connectivity index (χ2v) is 5.08. The molecule has 0 aliphatic carbocycles. The maximum absolute atomic E-state index is 6.10. The molecule has 0 unspecified atom stereocenters. The molecule has 0 amide bonds. The molecule has 0 saturated carbocycles. The van der Waals surface area contributed by atoms with Gasteiger partial charge in [0.15, 0.2) is 0 Å². The summed E-state index contributed by atoms with van der Waals surface area (Å²) in [6.45, 7) is 6.52. The Kier molecular flexibility index (Phi) is 3.94. The number of rotatable bonds is 4. The molecule has 0 bridgehead atoms. The van der Waals surface area contributed by atoms with Crippen molar-refractivity contribution in [2.45, 2.75) is 46.1 Å². The molecule has 1 aromatic rings. The van der Waals surface area contributed by atoms with Crippen LogP contribution in [0.5, 0.6) is 0 Å². The lowest BCUT2D eigenvalue weighted by Crippen LogP contribution is -2.09. The van der Waals surface area contributed by atoms with Crippen LogP contribution in [0, 0.1) is 13.8 Å². The summed E-state index contributed by atoms with van der Waals surface area (Å²) in [6.07, 6.45) is 3.58. The van der Waals surface area contributed by atoms with Crippen molar-refractivity contribution in [2.75, 3.05) is 0 Å². The van der Waals surface area contributed by atoms with E-state index in [0.717, 1.165) is 6.42 Å². The first kappa shape index (κ1) is 10.7. The second kappa shape index (κ2) is 4.77. The minimum Gasteiger partial charge on any atom is -0.324 e. The third kappa shape index (κ3) is 2.82. The summed E-state index contributed by atoms with van der Waals surface area (Å²) in [5, 5.41) is 0. The first-order valence-corrected chi connectivity index (χ1v) is 5.79. The Balaban J connectivity index is 2.64. The van der Waals surface area contributed by atoms with Crippen LogP contribution in [0.1, 0.15) is 47.5 Å². The molecule has 0 fully saturated rings. The summed E-state index contributed by atoms with van der Waals surface area (Å²) in [4.78, 5) is 2.76. The van der Waals surface area contributed by atoms with E-state index in [1.807, 2.05) is 11.3 Å². The van der Waals surface area contributed by atoms with Gasteiger partial charge in [0.1, 0.15) is 0 Å². The van der Waals surface area contributed by atoms with Crippen molar-refractivity contribution in [3.8, 4) is 0 Å². The lowest BCUT2D eigenvalue weighted by atomic mass is 10.0. The van der Waals surface area contributed by atoms with Gasteiger partial charge in [0, 0.05) is 15.8 Å². The summed E-state index contributed by atoms with van der Waals surface area (Å²) in [5.41, 5.74) is 7.46. The van der Waals surface area contributed by atoms with Crippen molar-refractivity contribution in [1.82, 2.24) is 0 Å². The van der Waals surface area contributed by atoms with E-state index in [-0.39, 0.29) is 6.04 Å². The standard InChI is InChI=1S/C11H19NS/c1-4-5-6-11(12)10-7-8(2)13-9(10)3/h7,11H,4-6,12H2,1-3H3/t11-/m1/s1. The van der Waals surface area contributed by atoms with Gasteiger partial charge in [-0.3, -0.25) is 0 Å². The first-order chi connectivity index (χ1) is 6.15. The van der Waals surface area contributed by atoms with E-state index in [1.165, 1.54) is 28.2 Å². The summed E-state index contributed by atoms with van der Waals surface area (Å²) >= 11 is 1.85. The number of thiophene rings is 1. The second-order valence-electron chi connectivity index (χ2n) is 3.62. The van der Waals surface area contributed by atoms with Gasteiger partial charge in [0.05, 0.1) is 0 Å². The number of unbranched alkanes of at least 4 members (excludes halogenated alkanes) is 1. The van der Waals surface area contributed by atoms with Crippen molar-refractivity contribution < 1.29 is 0 Å². The Bertz CT molecular complexity index is 265. The fourth-order valence-corrected chi connectivity index (χ4v) is 2.60. The van der Waals surface area contributed by atoms with Crippen LogP contribution in [0.25, 0.3) is 0 Å². The number of hydrogen-bond donors (Lipinski definition) is 1. The number of nitrogens with two attached hydrogens (primary N) is 1. The van der Waals surface area contributed by atoms with Crippen LogP contribution in [0.2, 0.25) is 0 Å². The number of hydrogen-bond acceptors (Lipinski definition) is 2. The highest BCUT2D eigenvalue weighted by molar-refractivity contribution is 7.12. The molecular formula is C11H19NS. The van der Waals surface area contributed by atoms with E-state index in [9.17, 15) is 0 Å². The average Bonchev–Trinajstić information content (AvgIpc) is 2.41. The maximum atomic E-state index is 6.10. The smallest absolute Gasteiger partial charge is 0.0305 e. The van der Waals surface area contributed by atoms with Crippen LogP contribution < -0.4 is 5.73 Å². The molecule has 0 aliphatic heterocycles. The third-order valence-corrected chi connectivity index (χ3v) is 3.33. The molecule has 1 atom stereocenters. The van der Waals surface area contributed by atoms with Gasteiger partial charge in [-0.15, -0.1) is 11.3 Å². The van der Waals surface area contributed by atoms with Crippen LogP contribution in [-0.4, -0.2) is 0 Å². The SMILES string of the molecule is CCCC[C@@H](N)c1cc(C)sc1C. The Morgan fingerprint density at radius 3 is 2.62 bits per heavy atom. The Morgan fingerprint density at radius 1 is 1.46 bits per heavy atom. The molecule has 1 nitrogen and oxygen atoms in total. The molecule has 1 heterocycles. The van der Waals surface area contributed by atoms with Gasteiger partial charge >= 0.3 is 0 Å². The molecule has 2 N–H and O–H groups in total. The molecule has 74 valence electrons. The van der Waals surface area contributed by atoms with Gasteiger partial charge in [-0.2, -0.15) is 0 Å². The zero-order chi connectivity index (χ0) is 9.84. The number of aryl methyl sites for hydroxylation is 2. The average molecular weight is 197 g/mol. The zero-order valence-electron chi connectivity index (χ0n) is 8.76. The minimum atomic E-state index is 0.255. The van der Waals surface area contributed by atoms with Crippen LogP contribution in [0.3, 0.4) is 0 Å². The van der Waals surface area contributed by atoms with E-state index in [4.69, 9.17) is 5.73 Å². The minimum absolute atomic E-state index is 0.255. The summed E-state index contributed by atoms with van der Waals surface area (Å²) in [7, 11) is 0. The van der Waals surface area contributed by atoms with E-state index in [0.29, 0.717) is 0 Å². The molecule has 2 heteroatoms. The largest absolute Gasteiger partial charge is 0.324 e. The van der Waals surface area contributed by atoms with E-state index < -0.39 is 0 Å². The summed E-state index contributed by atoms with van der Waals surface area (Å²) < 4.78 is 0. The van der Waals surface area contributed by atoms with Gasteiger partial charge in [0.2, 0.25) is 0 Å². The van der Waals surface area contributed by atoms with Crippen LogP contribution in [0.15, 0.2) is 6.07 Å². The Morgan fingerprint density at radius 2 is 2.15 bits per heavy atom. The van der Waals surface area contributed by atoms with Crippen molar-refractivity contribution in [1.29, 1.82) is 0 Å². The summed E-state index contributed by atoms with van der Waals surface area (Å²) in [5.74, 6) is 0. The third-order valence-electron chi connectivity index (χ3n) is 2.35. The molecule has 13 heavy (non-hydrogen) atoms. The van der Waals surface area contributed by atoms with Gasteiger partial charge in [-0.1, -0.05) is 19.8 Å². The molecule has 0 saturated heterocycles. The highest BCUT2D eigenvalue weighted by Gasteiger charge is 2.10. The lowest BCUT2D eigenvalue weighted by molar-refractivity contribution is 0.603. The Hall–Kier alpha value is -0.340. The molecule has 0 spiro atoms. The van der Waals surface area contributed by atoms with Gasteiger partial charge in [-0.05, 0) is 31.9 Å². The summed E-state index contributed by atoms with van der Waals surface area (Å²) in [6, 6.07) is 2.49. The van der Waals surface area contributed by atoms with Crippen LogP contribution >= 0.6 is 11.3 Å².